The van der Waals surface area contributed by atoms with Crippen molar-refractivity contribution in [2.75, 3.05) is 0 Å². The maximum Gasteiger partial charge on any atom is 0.117 e. The molecule has 3 heteroatoms. The van der Waals surface area contributed by atoms with Gasteiger partial charge in [0.15, 0.2) is 0 Å². The minimum absolute atomic E-state index is 0.101. The van der Waals surface area contributed by atoms with Gasteiger partial charge in [-0.05, 0) is 92.1 Å². The first-order valence-corrected chi connectivity index (χ1v) is 11.1. The Balaban J connectivity index is 1.35. The van der Waals surface area contributed by atoms with Crippen molar-refractivity contribution in [2.24, 2.45) is 28.6 Å². The van der Waals surface area contributed by atoms with Crippen molar-refractivity contribution in [3.05, 3.63) is 35.8 Å². The van der Waals surface area contributed by atoms with Gasteiger partial charge >= 0.3 is 0 Å². The molecule has 0 spiro atoms. The maximum absolute atomic E-state index is 10.2. The summed E-state index contributed by atoms with van der Waals surface area (Å²) in [5.74, 6) is 3.55. The van der Waals surface area contributed by atoms with Crippen LogP contribution in [0.4, 0.5) is 0 Å². The Bertz CT molecular complexity index is 710. The summed E-state index contributed by atoms with van der Waals surface area (Å²) in [6, 6.07) is 4.67. The van der Waals surface area contributed by atoms with Crippen molar-refractivity contribution in [1.29, 1.82) is 0 Å². The molecule has 2 unspecified atom stereocenters. The number of allylic oxidation sites excluding steroid dienone is 1. The molecule has 4 aliphatic rings. The van der Waals surface area contributed by atoms with Crippen LogP contribution in [0.15, 0.2) is 34.5 Å². The molecule has 3 saturated carbocycles. The fraction of sp³-hybridized carbons (Fsp3) is 0.750. The smallest absolute Gasteiger partial charge is 0.117 e. The van der Waals surface area contributed by atoms with Gasteiger partial charge in [0.25, 0.3) is 0 Å². The SMILES string of the molecule is C[C@]12CCC(O)CC1=CC[C@@H]1[C@H]2CC[C@]2(C)C(NCc3ccco3)CC[C@@H]12. The van der Waals surface area contributed by atoms with E-state index in [-0.39, 0.29) is 6.10 Å². The second kappa shape index (κ2) is 6.49. The molecule has 7 atom stereocenters. The van der Waals surface area contributed by atoms with Gasteiger partial charge < -0.3 is 14.8 Å². The molecule has 148 valence electrons. The average molecular weight is 370 g/mol. The lowest BCUT2D eigenvalue weighted by molar-refractivity contribution is -0.0436. The molecule has 27 heavy (non-hydrogen) atoms. The zero-order valence-corrected chi connectivity index (χ0v) is 16.9. The summed E-state index contributed by atoms with van der Waals surface area (Å²) in [5, 5.41) is 14.0. The quantitative estimate of drug-likeness (QED) is 0.732. The Hall–Kier alpha value is -1.06. The molecule has 3 fully saturated rings. The highest BCUT2D eigenvalue weighted by atomic mass is 16.3. The van der Waals surface area contributed by atoms with Crippen LogP contribution in [0.25, 0.3) is 0 Å². The van der Waals surface area contributed by atoms with Gasteiger partial charge in [0.1, 0.15) is 5.76 Å². The van der Waals surface area contributed by atoms with Crippen LogP contribution in [0.2, 0.25) is 0 Å². The fourth-order valence-corrected chi connectivity index (χ4v) is 7.61. The molecule has 5 rings (SSSR count). The molecule has 0 saturated heterocycles. The van der Waals surface area contributed by atoms with Crippen molar-refractivity contribution >= 4 is 0 Å². The fourth-order valence-electron chi connectivity index (χ4n) is 7.61. The molecule has 2 N–H and O–H groups in total. The number of aliphatic hydroxyl groups excluding tert-OH is 1. The predicted molar refractivity (Wildman–Crippen MR) is 107 cm³/mol. The Morgan fingerprint density at radius 1 is 1.15 bits per heavy atom. The third kappa shape index (κ3) is 2.76. The Kier molecular flexibility index (Phi) is 4.32. The second-order valence-electron chi connectivity index (χ2n) is 10.3. The highest BCUT2D eigenvalue weighted by Crippen LogP contribution is 2.64. The first-order valence-electron chi connectivity index (χ1n) is 11.1. The summed E-state index contributed by atoms with van der Waals surface area (Å²) in [6.45, 7) is 5.94. The molecule has 0 radical (unpaired) electrons. The third-order valence-electron chi connectivity index (χ3n) is 9.18. The molecule has 1 aromatic rings. The van der Waals surface area contributed by atoms with E-state index in [2.05, 4.69) is 31.3 Å². The summed E-state index contributed by atoms with van der Waals surface area (Å²) in [4.78, 5) is 0. The zero-order chi connectivity index (χ0) is 18.6. The van der Waals surface area contributed by atoms with E-state index in [1.807, 2.05) is 6.07 Å². The van der Waals surface area contributed by atoms with Gasteiger partial charge in [-0.15, -0.1) is 0 Å². The molecule has 4 aliphatic carbocycles. The number of nitrogens with one attached hydrogen (secondary N) is 1. The van der Waals surface area contributed by atoms with Crippen LogP contribution < -0.4 is 5.32 Å². The Morgan fingerprint density at radius 3 is 2.85 bits per heavy atom. The number of aliphatic hydroxyl groups is 1. The van der Waals surface area contributed by atoms with E-state index in [0.29, 0.717) is 16.9 Å². The summed E-state index contributed by atoms with van der Waals surface area (Å²) in [6.07, 6.45) is 13.9. The normalized spacial score (nSPS) is 46.3. The standard InChI is InChI=1S/C24H35NO2/c1-23-11-9-17(26)14-16(23)5-6-19-20-7-8-22(24(20,2)12-10-21(19)23)25-15-18-4-3-13-27-18/h3-5,13,17,19-22,25-26H,6-12,14-15H2,1-2H3/t17?,19-,20-,21+,22?,23-,24-/m0/s1. The summed E-state index contributed by atoms with van der Waals surface area (Å²) in [7, 11) is 0. The van der Waals surface area contributed by atoms with Crippen LogP contribution in [-0.2, 0) is 6.54 Å². The number of rotatable bonds is 3. The molecule has 1 heterocycles. The van der Waals surface area contributed by atoms with E-state index in [9.17, 15) is 5.11 Å². The van der Waals surface area contributed by atoms with Crippen LogP contribution in [-0.4, -0.2) is 17.3 Å². The van der Waals surface area contributed by atoms with Crippen molar-refractivity contribution in [2.45, 2.75) is 83.9 Å². The topological polar surface area (TPSA) is 45.4 Å². The van der Waals surface area contributed by atoms with E-state index in [1.54, 1.807) is 11.8 Å². The summed E-state index contributed by atoms with van der Waals surface area (Å²) in [5.41, 5.74) is 2.35. The van der Waals surface area contributed by atoms with E-state index in [4.69, 9.17) is 4.42 Å². The van der Waals surface area contributed by atoms with E-state index in [1.165, 1.54) is 38.5 Å². The van der Waals surface area contributed by atoms with Crippen molar-refractivity contribution < 1.29 is 9.52 Å². The summed E-state index contributed by atoms with van der Waals surface area (Å²) < 4.78 is 5.54. The number of fused-ring (bicyclic) bond motifs is 5. The first kappa shape index (κ1) is 18.0. The predicted octanol–water partition coefficient (Wildman–Crippen LogP) is 5.06. The van der Waals surface area contributed by atoms with Gasteiger partial charge in [-0.2, -0.15) is 0 Å². The van der Waals surface area contributed by atoms with Crippen molar-refractivity contribution in [1.82, 2.24) is 5.32 Å². The monoisotopic (exact) mass is 369 g/mol. The molecule has 0 bridgehead atoms. The minimum atomic E-state index is -0.101. The molecule has 0 aliphatic heterocycles. The molecular formula is C24H35NO2. The lowest BCUT2D eigenvalue weighted by Gasteiger charge is -2.58. The number of hydrogen-bond acceptors (Lipinski definition) is 3. The molecule has 0 amide bonds. The largest absolute Gasteiger partial charge is 0.468 e. The van der Waals surface area contributed by atoms with E-state index in [0.717, 1.165) is 42.9 Å². The second-order valence-corrected chi connectivity index (χ2v) is 10.3. The van der Waals surface area contributed by atoms with Crippen LogP contribution in [0.1, 0.15) is 71.0 Å². The highest BCUT2D eigenvalue weighted by molar-refractivity contribution is 5.25. The Labute approximate surface area is 163 Å². The van der Waals surface area contributed by atoms with Gasteiger partial charge in [0.2, 0.25) is 0 Å². The average Bonchev–Trinajstić information content (AvgIpc) is 3.28. The lowest BCUT2D eigenvalue weighted by Crippen LogP contribution is -2.53. The molecular weight excluding hydrogens is 334 g/mol. The van der Waals surface area contributed by atoms with E-state index >= 15 is 0 Å². The van der Waals surface area contributed by atoms with Gasteiger partial charge in [0, 0.05) is 6.04 Å². The third-order valence-corrected chi connectivity index (χ3v) is 9.18. The Morgan fingerprint density at radius 2 is 2.04 bits per heavy atom. The van der Waals surface area contributed by atoms with Crippen molar-refractivity contribution in [3.8, 4) is 0 Å². The van der Waals surface area contributed by atoms with Gasteiger partial charge in [0.05, 0.1) is 18.9 Å². The van der Waals surface area contributed by atoms with Crippen LogP contribution in [0.5, 0.6) is 0 Å². The van der Waals surface area contributed by atoms with Crippen LogP contribution in [0.3, 0.4) is 0 Å². The number of furan rings is 1. The molecule has 0 aromatic carbocycles. The first-order chi connectivity index (χ1) is 13.0. The van der Waals surface area contributed by atoms with Crippen molar-refractivity contribution in [3.63, 3.8) is 0 Å². The molecule has 3 nitrogen and oxygen atoms in total. The lowest BCUT2D eigenvalue weighted by atomic mass is 9.48. The van der Waals surface area contributed by atoms with Gasteiger partial charge in [-0.25, -0.2) is 0 Å². The van der Waals surface area contributed by atoms with Gasteiger partial charge in [-0.1, -0.05) is 25.5 Å². The van der Waals surface area contributed by atoms with Crippen LogP contribution >= 0.6 is 0 Å². The zero-order valence-electron chi connectivity index (χ0n) is 16.9. The number of hydrogen-bond donors (Lipinski definition) is 2. The van der Waals surface area contributed by atoms with E-state index < -0.39 is 0 Å². The maximum atomic E-state index is 10.2. The van der Waals surface area contributed by atoms with Gasteiger partial charge in [-0.3, -0.25) is 0 Å². The summed E-state index contributed by atoms with van der Waals surface area (Å²) >= 11 is 0. The minimum Gasteiger partial charge on any atom is -0.468 e. The molecule has 1 aromatic heterocycles. The highest BCUT2D eigenvalue weighted by Gasteiger charge is 2.58. The van der Waals surface area contributed by atoms with Crippen LogP contribution in [0, 0.1) is 28.6 Å².